The average molecular weight is 274 g/mol. The minimum Gasteiger partial charge on any atom is -0.488 e. The molecule has 0 radical (unpaired) electrons. The van der Waals surface area contributed by atoms with Crippen LogP contribution in [0.4, 0.5) is 4.39 Å². The van der Waals surface area contributed by atoms with Gasteiger partial charge in [0.25, 0.3) is 0 Å². The van der Waals surface area contributed by atoms with Gasteiger partial charge in [0, 0.05) is 11.6 Å². The van der Waals surface area contributed by atoms with Crippen molar-refractivity contribution in [3.05, 3.63) is 64.5 Å². The summed E-state index contributed by atoms with van der Waals surface area (Å²) in [5.41, 5.74) is 3.95. The Labute approximate surface area is 118 Å². The molecule has 3 heteroatoms. The fraction of sp³-hybridized carbons (Fsp3) is 0.294. The molecule has 2 aromatic carbocycles. The Balaban J connectivity index is 2.20. The largest absolute Gasteiger partial charge is 0.488 e. The molecule has 1 N–H and O–H groups in total. The van der Waals surface area contributed by atoms with Crippen LogP contribution in [0, 0.1) is 19.7 Å². The van der Waals surface area contributed by atoms with Crippen LogP contribution in [0.5, 0.6) is 5.75 Å². The van der Waals surface area contributed by atoms with Crippen molar-refractivity contribution in [1.82, 2.24) is 0 Å². The summed E-state index contributed by atoms with van der Waals surface area (Å²) >= 11 is 0. The van der Waals surface area contributed by atoms with Gasteiger partial charge in [0.05, 0.1) is 6.10 Å². The van der Waals surface area contributed by atoms with E-state index < -0.39 is 6.10 Å². The minimum atomic E-state index is -0.690. The maximum atomic E-state index is 13.3. The topological polar surface area (TPSA) is 29.5 Å². The highest BCUT2D eigenvalue weighted by molar-refractivity contribution is 5.36. The maximum Gasteiger partial charge on any atom is 0.128 e. The van der Waals surface area contributed by atoms with E-state index in [1.807, 2.05) is 26.0 Å². The number of benzene rings is 2. The number of aryl methyl sites for hydroxylation is 2. The van der Waals surface area contributed by atoms with E-state index >= 15 is 0 Å². The Hall–Kier alpha value is -1.87. The summed E-state index contributed by atoms with van der Waals surface area (Å²) < 4.78 is 19.0. The SMILES string of the molecule is Cc1cc(C)cc(COc2cc(F)ccc2[C@@H](C)O)c1. The summed E-state index contributed by atoms with van der Waals surface area (Å²) in [5.74, 6) is 0.0176. The Morgan fingerprint density at radius 3 is 2.35 bits per heavy atom. The van der Waals surface area contributed by atoms with Crippen molar-refractivity contribution in [2.75, 3.05) is 0 Å². The van der Waals surface area contributed by atoms with E-state index in [9.17, 15) is 9.50 Å². The zero-order chi connectivity index (χ0) is 14.7. The first kappa shape index (κ1) is 14.5. The number of aliphatic hydroxyl groups is 1. The molecule has 0 aliphatic rings. The molecular formula is C17H19FO2. The summed E-state index contributed by atoms with van der Waals surface area (Å²) in [6, 6.07) is 10.4. The van der Waals surface area contributed by atoms with E-state index in [-0.39, 0.29) is 5.82 Å². The van der Waals surface area contributed by atoms with Gasteiger partial charge < -0.3 is 9.84 Å². The molecular weight excluding hydrogens is 255 g/mol. The van der Waals surface area contributed by atoms with E-state index in [2.05, 4.69) is 6.07 Å². The van der Waals surface area contributed by atoms with Crippen molar-refractivity contribution in [3.63, 3.8) is 0 Å². The standard InChI is InChI=1S/C17H19FO2/c1-11-6-12(2)8-14(7-11)10-20-17-9-15(18)4-5-16(17)13(3)19/h4-9,13,19H,10H2,1-3H3/t13-/m1/s1. The monoisotopic (exact) mass is 274 g/mol. The normalized spacial score (nSPS) is 12.2. The van der Waals surface area contributed by atoms with Gasteiger partial charge in [-0.15, -0.1) is 0 Å². The van der Waals surface area contributed by atoms with Gasteiger partial charge in [0.2, 0.25) is 0 Å². The number of hydrogen-bond acceptors (Lipinski definition) is 2. The lowest BCUT2D eigenvalue weighted by molar-refractivity contribution is 0.190. The van der Waals surface area contributed by atoms with E-state index in [0.717, 1.165) is 5.56 Å². The van der Waals surface area contributed by atoms with Crippen LogP contribution < -0.4 is 4.74 Å². The molecule has 0 spiro atoms. The van der Waals surface area contributed by atoms with Crippen molar-refractivity contribution in [2.24, 2.45) is 0 Å². The lowest BCUT2D eigenvalue weighted by Crippen LogP contribution is -2.02. The van der Waals surface area contributed by atoms with E-state index in [4.69, 9.17) is 4.74 Å². The van der Waals surface area contributed by atoms with Crippen molar-refractivity contribution < 1.29 is 14.2 Å². The van der Waals surface area contributed by atoms with Crippen LogP contribution in [0.1, 0.15) is 35.3 Å². The first-order valence-electron chi connectivity index (χ1n) is 6.63. The molecule has 2 nitrogen and oxygen atoms in total. The first-order chi connectivity index (χ1) is 9.45. The number of hydrogen-bond donors (Lipinski definition) is 1. The second-order valence-electron chi connectivity index (χ2n) is 5.14. The number of ether oxygens (including phenoxy) is 1. The van der Waals surface area contributed by atoms with Crippen LogP contribution >= 0.6 is 0 Å². The highest BCUT2D eigenvalue weighted by Gasteiger charge is 2.10. The Bertz CT molecular complexity index is 586. The second-order valence-corrected chi connectivity index (χ2v) is 5.14. The molecule has 0 aliphatic heterocycles. The summed E-state index contributed by atoms with van der Waals surface area (Å²) in [6.45, 7) is 6.04. The average Bonchev–Trinajstić information content (AvgIpc) is 2.35. The van der Waals surface area contributed by atoms with Gasteiger partial charge in [-0.25, -0.2) is 4.39 Å². The van der Waals surface area contributed by atoms with Gasteiger partial charge in [-0.1, -0.05) is 29.3 Å². The molecule has 20 heavy (non-hydrogen) atoms. The molecule has 0 aliphatic carbocycles. The van der Waals surface area contributed by atoms with E-state index in [1.165, 1.54) is 23.3 Å². The zero-order valence-corrected chi connectivity index (χ0v) is 12.0. The Morgan fingerprint density at radius 1 is 1.10 bits per heavy atom. The van der Waals surface area contributed by atoms with E-state index in [1.54, 1.807) is 13.0 Å². The fourth-order valence-electron chi connectivity index (χ4n) is 2.29. The lowest BCUT2D eigenvalue weighted by atomic mass is 10.1. The molecule has 0 fully saturated rings. The quantitative estimate of drug-likeness (QED) is 0.910. The molecule has 0 bridgehead atoms. The summed E-state index contributed by atoms with van der Waals surface area (Å²) in [4.78, 5) is 0. The first-order valence-corrected chi connectivity index (χ1v) is 6.63. The number of halogens is 1. The van der Waals surface area contributed by atoms with Crippen LogP contribution in [0.3, 0.4) is 0 Å². The Morgan fingerprint density at radius 2 is 1.75 bits per heavy atom. The maximum absolute atomic E-state index is 13.3. The molecule has 0 unspecified atom stereocenters. The Kier molecular flexibility index (Phi) is 4.40. The van der Waals surface area contributed by atoms with Crippen molar-refractivity contribution in [3.8, 4) is 5.75 Å². The predicted molar refractivity (Wildman–Crippen MR) is 77.3 cm³/mol. The van der Waals surface area contributed by atoms with Gasteiger partial charge in [-0.3, -0.25) is 0 Å². The molecule has 106 valence electrons. The third kappa shape index (κ3) is 3.58. The van der Waals surface area contributed by atoms with Crippen LogP contribution in [-0.4, -0.2) is 5.11 Å². The molecule has 2 aromatic rings. The minimum absolute atomic E-state index is 0.353. The van der Waals surface area contributed by atoms with Crippen molar-refractivity contribution in [1.29, 1.82) is 0 Å². The highest BCUT2D eigenvalue weighted by atomic mass is 19.1. The smallest absolute Gasteiger partial charge is 0.128 e. The van der Waals surface area contributed by atoms with E-state index in [0.29, 0.717) is 17.9 Å². The van der Waals surface area contributed by atoms with Gasteiger partial charge in [0.15, 0.2) is 0 Å². The highest BCUT2D eigenvalue weighted by Crippen LogP contribution is 2.27. The summed E-state index contributed by atoms with van der Waals surface area (Å²) in [5, 5.41) is 9.68. The zero-order valence-electron chi connectivity index (χ0n) is 12.0. The molecule has 0 saturated carbocycles. The lowest BCUT2D eigenvalue weighted by Gasteiger charge is -2.14. The molecule has 2 rings (SSSR count). The third-order valence-corrected chi connectivity index (χ3v) is 3.10. The molecule has 0 amide bonds. The molecule has 0 heterocycles. The molecule has 0 aromatic heterocycles. The molecule has 0 saturated heterocycles. The van der Waals surface area contributed by atoms with Crippen LogP contribution in [0.25, 0.3) is 0 Å². The van der Waals surface area contributed by atoms with Crippen molar-refractivity contribution >= 4 is 0 Å². The van der Waals surface area contributed by atoms with Crippen LogP contribution in [0.2, 0.25) is 0 Å². The second kappa shape index (κ2) is 6.06. The van der Waals surface area contributed by atoms with Gasteiger partial charge in [0.1, 0.15) is 18.2 Å². The van der Waals surface area contributed by atoms with Gasteiger partial charge >= 0.3 is 0 Å². The third-order valence-electron chi connectivity index (χ3n) is 3.10. The fourth-order valence-corrected chi connectivity index (χ4v) is 2.29. The van der Waals surface area contributed by atoms with Gasteiger partial charge in [-0.05, 0) is 38.5 Å². The summed E-state index contributed by atoms with van der Waals surface area (Å²) in [7, 11) is 0. The van der Waals surface area contributed by atoms with Gasteiger partial charge in [-0.2, -0.15) is 0 Å². The number of aliphatic hydroxyl groups excluding tert-OH is 1. The predicted octanol–water partition coefficient (Wildman–Crippen LogP) is 4.07. The summed E-state index contributed by atoms with van der Waals surface area (Å²) in [6.07, 6.45) is -0.690. The molecule has 1 atom stereocenters. The van der Waals surface area contributed by atoms with Crippen LogP contribution in [0.15, 0.2) is 36.4 Å². The van der Waals surface area contributed by atoms with Crippen molar-refractivity contribution in [2.45, 2.75) is 33.5 Å². The van der Waals surface area contributed by atoms with Crippen LogP contribution in [-0.2, 0) is 6.61 Å². The number of rotatable bonds is 4.